The van der Waals surface area contributed by atoms with Crippen LogP contribution in [-0.4, -0.2) is 34.2 Å². The summed E-state index contributed by atoms with van der Waals surface area (Å²) >= 11 is 4.06. The molecule has 0 amide bonds. The number of hydrogen-bond donors (Lipinski definition) is 2. The van der Waals surface area contributed by atoms with Crippen LogP contribution >= 0.6 is 34.4 Å². The molecule has 1 aliphatic heterocycles. The van der Waals surface area contributed by atoms with Crippen molar-refractivity contribution in [1.29, 1.82) is 0 Å². The van der Waals surface area contributed by atoms with Crippen molar-refractivity contribution >= 4 is 51.2 Å². The Morgan fingerprint density at radius 2 is 2.17 bits per heavy atom. The minimum atomic E-state index is 0.253. The maximum Gasteiger partial charge on any atom is 0.174 e. The zero-order valence-electron chi connectivity index (χ0n) is 17.0. The molecule has 6 nitrogen and oxygen atoms in total. The number of benzene rings is 1. The van der Waals surface area contributed by atoms with E-state index in [0.717, 1.165) is 59.5 Å². The van der Waals surface area contributed by atoms with E-state index in [4.69, 9.17) is 15.5 Å². The van der Waals surface area contributed by atoms with Crippen molar-refractivity contribution in [3.63, 3.8) is 0 Å². The average Bonchev–Trinajstić information content (AvgIpc) is 3.23. The second-order valence-corrected chi connectivity index (χ2v) is 10.6. The molecule has 0 aliphatic carbocycles. The molecule has 1 aliphatic rings. The van der Waals surface area contributed by atoms with E-state index < -0.39 is 0 Å². The second kappa shape index (κ2) is 8.31. The maximum atomic E-state index is 6.11. The van der Waals surface area contributed by atoms with E-state index in [1.54, 1.807) is 18.0 Å². The zero-order valence-corrected chi connectivity index (χ0v) is 19.9. The molecule has 0 saturated carbocycles. The topological polar surface area (TPSA) is 78.0 Å². The summed E-state index contributed by atoms with van der Waals surface area (Å²) in [6, 6.07) is 6.35. The van der Waals surface area contributed by atoms with Gasteiger partial charge in [0.15, 0.2) is 11.0 Å². The molecule has 0 atom stereocenters. The molecule has 0 radical (unpaired) electrons. The monoisotopic (exact) mass is 520 g/mol. The van der Waals surface area contributed by atoms with E-state index in [1.807, 2.05) is 6.07 Å². The molecule has 3 N–H and O–H groups in total. The maximum absolute atomic E-state index is 6.11. The number of rotatable bonds is 6. The number of imidazole rings is 1. The average molecular weight is 520 g/mol. The first-order valence-corrected chi connectivity index (χ1v) is 11.7. The summed E-state index contributed by atoms with van der Waals surface area (Å²) < 4.78 is 9.22. The minimum absolute atomic E-state index is 0.253. The predicted octanol–water partition coefficient (Wildman–Crippen LogP) is 4.34. The van der Waals surface area contributed by atoms with Crippen LogP contribution in [0.2, 0.25) is 0 Å². The van der Waals surface area contributed by atoms with Crippen LogP contribution in [0, 0.1) is 8.99 Å². The van der Waals surface area contributed by atoms with Crippen LogP contribution in [0.15, 0.2) is 34.4 Å². The Morgan fingerprint density at radius 3 is 2.97 bits per heavy atom. The number of halogens is 1. The lowest BCUT2D eigenvalue weighted by Crippen LogP contribution is -2.29. The summed E-state index contributed by atoms with van der Waals surface area (Å²) in [5.41, 5.74) is 9.43. The van der Waals surface area contributed by atoms with Crippen LogP contribution in [0.25, 0.3) is 11.0 Å². The van der Waals surface area contributed by atoms with E-state index in [-0.39, 0.29) is 5.41 Å². The molecule has 1 aromatic carbocycles. The van der Waals surface area contributed by atoms with E-state index in [1.165, 1.54) is 9.13 Å². The van der Waals surface area contributed by atoms with Crippen LogP contribution in [0.3, 0.4) is 0 Å². The number of ether oxygens (including phenoxy) is 1. The van der Waals surface area contributed by atoms with Crippen molar-refractivity contribution in [2.75, 3.05) is 25.4 Å². The molecule has 3 aromatic rings. The summed E-state index contributed by atoms with van der Waals surface area (Å²) in [5.74, 6) is 1.46. The Labute approximate surface area is 189 Å². The fourth-order valence-electron chi connectivity index (χ4n) is 3.35. The number of nitrogens with two attached hydrogens (primary N) is 1. The minimum Gasteiger partial charge on any atom is -0.493 e. The van der Waals surface area contributed by atoms with Gasteiger partial charge in [-0.3, -0.25) is 0 Å². The summed E-state index contributed by atoms with van der Waals surface area (Å²) in [4.78, 5) is 10.2. The molecular formula is C21H26IN5OS. The van der Waals surface area contributed by atoms with Gasteiger partial charge >= 0.3 is 0 Å². The fourth-order valence-corrected chi connectivity index (χ4v) is 5.17. The lowest BCUT2D eigenvalue weighted by atomic mass is 9.97. The molecule has 8 heteroatoms. The molecular weight excluding hydrogens is 494 g/mol. The van der Waals surface area contributed by atoms with Gasteiger partial charge in [0.2, 0.25) is 0 Å². The van der Waals surface area contributed by atoms with Crippen molar-refractivity contribution in [3.8, 4) is 5.75 Å². The summed E-state index contributed by atoms with van der Waals surface area (Å²) in [5, 5.41) is 4.48. The van der Waals surface area contributed by atoms with Gasteiger partial charge in [-0.05, 0) is 51.8 Å². The third-order valence-electron chi connectivity index (χ3n) is 4.77. The second-order valence-electron chi connectivity index (χ2n) is 8.44. The number of pyridine rings is 1. The number of aromatic nitrogens is 3. The summed E-state index contributed by atoms with van der Waals surface area (Å²) in [7, 11) is 0. The molecule has 0 unspecified atom stereocenters. The normalized spacial score (nSPS) is 13.7. The highest BCUT2D eigenvalue weighted by molar-refractivity contribution is 14.1. The summed E-state index contributed by atoms with van der Waals surface area (Å²) in [6.45, 7) is 10.1. The van der Waals surface area contributed by atoms with Crippen LogP contribution < -0.4 is 15.8 Å². The Morgan fingerprint density at radius 1 is 1.34 bits per heavy atom. The third-order valence-corrected chi connectivity index (χ3v) is 7.08. The molecule has 4 rings (SSSR count). The quantitative estimate of drug-likeness (QED) is 0.372. The van der Waals surface area contributed by atoms with Crippen molar-refractivity contribution in [1.82, 2.24) is 19.9 Å². The van der Waals surface area contributed by atoms with Gasteiger partial charge in [0.1, 0.15) is 11.3 Å². The molecule has 0 saturated heterocycles. The van der Waals surface area contributed by atoms with Gasteiger partial charge in [-0.25, -0.2) is 9.97 Å². The standard InChI is InChI=1S/C21H26IN5OS/c1-21(2,3)12-24-7-8-27-15-4-6-25-19(23)18(15)26-20(27)29-17-11-16-13(5-9-28-16)10-14(17)22/h4,6,10-11,24H,5,7-9,12H2,1-3H3,(H2,23,25)/i22-3. The van der Waals surface area contributed by atoms with Crippen LogP contribution in [-0.2, 0) is 13.0 Å². The Bertz CT molecular complexity index is 1040. The fraction of sp³-hybridized carbons (Fsp3) is 0.429. The predicted molar refractivity (Wildman–Crippen MR) is 127 cm³/mol. The summed E-state index contributed by atoms with van der Waals surface area (Å²) in [6.07, 6.45) is 2.73. The number of anilines is 1. The number of nitrogen functional groups attached to an aromatic ring is 1. The first-order chi connectivity index (χ1) is 13.8. The Hall–Kier alpha value is -1.52. The van der Waals surface area contributed by atoms with Gasteiger partial charge in [-0.2, -0.15) is 0 Å². The molecule has 0 bridgehead atoms. The highest BCUT2D eigenvalue weighted by atomic mass is 124. The Kier molecular flexibility index (Phi) is 5.94. The molecule has 0 spiro atoms. The number of hydrogen-bond acceptors (Lipinski definition) is 6. The van der Waals surface area contributed by atoms with Crippen molar-refractivity contribution in [2.24, 2.45) is 5.41 Å². The highest BCUT2D eigenvalue weighted by Gasteiger charge is 2.19. The van der Waals surface area contributed by atoms with Gasteiger partial charge in [-0.1, -0.05) is 32.5 Å². The van der Waals surface area contributed by atoms with E-state index in [0.29, 0.717) is 5.82 Å². The SMILES string of the molecule is CC(C)(C)CNCCn1c(Sc2cc3c(cc2[124I])CCO3)nc2c(N)nccc21. The zero-order chi connectivity index (χ0) is 20.6. The van der Waals surface area contributed by atoms with Gasteiger partial charge in [0.05, 0.1) is 12.1 Å². The smallest absolute Gasteiger partial charge is 0.174 e. The molecule has 3 heterocycles. The number of fused-ring (bicyclic) bond motifs is 2. The van der Waals surface area contributed by atoms with Gasteiger partial charge in [0.25, 0.3) is 0 Å². The van der Waals surface area contributed by atoms with Gasteiger partial charge < -0.3 is 20.4 Å². The van der Waals surface area contributed by atoms with Crippen molar-refractivity contribution in [3.05, 3.63) is 33.5 Å². The van der Waals surface area contributed by atoms with E-state index in [2.05, 4.69) is 70.4 Å². The molecule has 2 aromatic heterocycles. The third kappa shape index (κ3) is 4.64. The van der Waals surface area contributed by atoms with E-state index >= 15 is 0 Å². The lowest BCUT2D eigenvalue weighted by molar-refractivity contribution is 0.356. The molecule has 0 fully saturated rings. The van der Waals surface area contributed by atoms with Crippen molar-refractivity contribution < 1.29 is 4.74 Å². The first-order valence-electron chi connectivity index (χ1n) is 9.76. The molecule has 29 heavy (non-hydrogen) atoms. The van der Waals surface area contributed by atoms with Crippen LogP contribution in [0.4, 0.5) is 5.82 Å². The largest absolute Gasteiger partial charge is 0.493 e. The van der Waals surface area contributed by atoms with Crippen LogP contribution in [0.1, 0.15) is 26.3 Å². The van der Waals surface area contributed by atoms with Gasteiger partial charge in [0, 0.05) is 40.7 Å². The highest BCUT2D eigenvalue weighted by Crippen LogP contribution is 2.38. The number of nitrogens with zero attached hydrogens (tertiary/aromatic N) is 3. The molecule has 154 valence electrons. The Balaban J connectivity index is 1.64. The lowest BCUT2D eigenvalue weighted by Gasteiger charge is -2.19. The van der Waals surface area contributed by atoms with Crippen LogP contribution in [0.5, 0.6) is 5.75 Å². The number of nitrogens with one attached hydrogen (secondary N) is 1. The van der Waals surface area contributed by atoms with E-state index in [9.17, 15) is 0 Å². The van der Waals surface area contributed by atoms with Crippen molar-refractivity contribution in [2.45, 2.75) is 43.8 Å². The van der Waals surface area contributed by atoms with Gasteiger partial charge in [-0.15, -0.1) is 0 Å². The first kappa shape index (κ1) is 20.7.